The lowest BCUT2D eigenvalue weighted by Crippen LogP contribution is -2.29. The molecule has 112 valence electrons. The first-order chi connectivity index (χ1) is 10.8. The van der Waals surface area contributed by atoms with Gasteiger partial charge in [0.2, 0.25) is 0 Å². The summed E-state index contributed by atoms with van der Waals surface area (Å²) in [6, 6.07) is 5.64. The highest BCUT2D eigenvalue weighted by atomic mass is 32.1. The molecule has 1 aliphatic rings. The van der Waals surface area contributed by atoms with E-state index in [2.05, 4.69) is 10.1 Å². The van der Waals surface area contributed by atoms with Crippen LogP contribution in [0.25, 0.3) is 5.52 Å². The number of fused-ring (bicyclic) bond motifs is 1. The van der Waals surface area contributed by atoms with Gasteiger partial charge in [-0.1, -0.05) is 0 Å². The fraction of sp³-hybridized carbons (Fsp3) is 0.312. The second-order valence-electron chi connectivity index (χ2n) is 5.62. The van der Waals surface area contributed by atoms with Crippen LogP contribution in [0.15, 0.2) is 42.2 Å². The van der Waals surface area contributed by atoms with E-state index in [1.165, 1.54) is 0 Å². The summed E-state index contributed by atoms with van der Waals surface area (Å²) in [5.41, 5.74) is 1.60. The van der Waals surface area contributed by atoms with Gasteiger partial charge in [-0.3, -0.25) is 4.79 Å². The lowest BCUT2D eigenvalue weighted by atomic mass is 10.1. The molecule has 0 aliphatic carbocycles. The number of aromatic nitrogens is 3. The molecule has 5 nitrogen and oxygen atoms in total. The first-order valence-electron chi connectivity index (χ1n) is 7.41. The normalized spacial score (nSPS) is 18.2. The summed E-state index contributed by atoms with van der Waals surface area (Å²) < 4.78 is 1.75. The molecular formula is C16H16N4OS. The van der Waals surface area contributed by atoms with Crippen molar-refractivity contribution in [1.82, 2.24) is 19.5 Å². The van der Waals surface area contributed by atoms with Gasteiger partial charge in [0.15, 0.2) is 0 Å². The number of rotatable bonds is 3. The van der Waals surface area contributed by atoms with Gasteiger partial charge in [-0.25, -0.2) is 9.50 Å². The highest BCUT2D eigenvalue weighted by Crippen LogP contribution is 2.24. The van der Waals surface area contributed by atoms with E-state index < -0.39 is 0 Å². The summed E-state index contributed by atoms with van der Waals surface area (Å²) in [5.74, 6) is 0.618. The molecule has 0 spiro atoms. The van der Waals surface area contributed by atoms with Crippen LogP contribution in [0.4, 0.5) is 0 Å². The third kappa shape index (κ3) is 2.39. The van der Waals surface area contributed by atoms with Crippen molar-refractivity contribution in [1.29, 1.82) is 0 Å². The maximum atomic E-state index is 12.8. The molecular weight excluding hydrogens is 296 g/mol. The molecule has 4 heterocycles. The average molecular weight is 312 g/mol. The molecule has 0 saturated carbocycles. The molecule has 3 aromatic heterocycles. The van der Waals surface area contributed by atoms with Crippen LogP contribution in [-0.4, -0.2) is 38.5 Å². The maximum Gasteiger partial charge on any atom is 0.256 e. The van der Waals surface area contributed by atoms with Crippen LogP contribution in [0.3, 0.4) is 0 Å². The van der Waals surface area contributed by atoms with Crippen LogP contribution >= 0.6 is 11.3 Å². The fourth-order valence-electron chi connectivity index (χ4n) is 3.09. The number of hydrogen-bond donors (Lipinski definition) is 0. The Morgan fingerprint density at radius 3 is 3.18 bits per heavy atom. The van der Waals surface area contributed by atoms with E-state index in [9.17, 15) is 4.79 Å². The first kappa shape index (κ1) is 13.5. The summed E-state index contributed by atoms with van der Waals surface area (Å²) in [7, 11) is 0. The number of amides is 1. The van der Waals surface area contributed by atoms with Crippen molar-refractivity contribution in [2.24, 2.45) is 5.92 Å². The predicted octanol–water partition coefficient (Wildman–Crippen LogP) is 2.50. The van der Waals surface area contributed by atoms with Crippen LogP contribution in [0.1, 0.15) is 21.8 Å². The summed E-state index contributed by atoms with van der Waals surface area (Å²) >= 11 is 1.69. The minimum Gasteiger partial charge on any atom is -0.338 e. The SMILES string of the molecule is O=C(c1cccn2nccc12)N1CCC(Cc2nccs2)C1. The maximum absolute atomic E-state index is 12.8. The third-order valence-corrected chi connectivity index (χ3v) is 4.99. The van der Waals surface area contributed by atoms with E-state index in [1.54, 1.807) is 22.0 Å². The molecule has 0 N–H and O–H groups in total. The lowest BCUT2D eigenvalue weighted by molar-refractivity contribution is 0.0788. The highest BCUT2D eigenvalue weighted by Gasteiger charge is 2.28. The Labute approximate surface area is 132 Å². The number of likely N-dealkylation sites (tertiary alicyclic amines) is 1. The monoisotopic (exact) mass is 312 g/mol. The van der Waals surface area contributed by atoms with Crippen molar-refractivity contribution in [3.63, 3.8) is 0 Å². The Morgan fingerprint density at radius 1 is 1.36 bits per heavy atom. The topological polar surface area (TPSA) is 50.5 Å². The van der Waals surface area contributed by atoms with Gasteiger partial charge < -0.3 is 4.90 Å². The molecule has 22 heavy (non-hydrogen) atoms. The van der Waals surface area contributed by atoms with Crippen molar-refractivity contribution >= 4 is 22.8 Å². The van der Waals surface area contributed by atoms with Crippen LogP contribution in [-0.2, 0) is 6.42 Å². The largest absolute Gasteiger partial charge is 0.338 e. The van der Waals surface area contributed by atoms with Gasteiger partial charge in [-0.05, 0) is 30.5 Å². The van der Waals surface area contributed by atoms with Gasteiger partial charge in [0.05, 0.1) is 22.3 Å². The van der Waals surface area contributed by atoms with E-state index in [4.69, 9.17) is 0 Å². The zero-order valence-corrected chi connectivity index (χ0v) is 12.9. The Hall–Kier alpha value is -2.21. The average Bonchev–Trinajstić information content (AvgIpc) is 3.27. The number of pyridine rings is 1. The standard InChI is InChI=1S/C16H16N4OS/c21-16(13-2-1-7-20-14(13)3-5-18-20)19-8-4-12(11-19)10-15-17-6-9-22-15/h1-3,5-7,9,12H,4,8,10-11H2. The number of hydrogen-bond acceptors (Lipinski definition) is 4. The van der Waals surface area contributed by atoms with Gasteiger partial charge in [-0.2, -0.15) is 5.10 Å². The van der Waals surface area contributed by atoms with Crippen molar-refractivity contribution < 1.29 is 4.79 Å². The molecule has 0 bridgehead atoms. The van der Waals surface area contributed by atoms with Gasteiger partial charge >= 0.3 is 0 Å². The smallest absolute Gasteiger partial charge is 0.256 e. The molecule has 4 rings (SSSR count). The van der Waals surface area contributed by atoms with Crippen molar-refractivity contribution in [2.75, 3.05) is 13.1 Å². The van der Waals surface area contributed by atoms with E-state index in [0.717, 1.165) is 42.0 Å². The molecule has 1 fully saturated rings. The van der Waals surface area contributed by atoms with Crippen molar-refractivity contribution in [3.8, 4) is 0 Å². The molecule has 1 amide bonds. The van der Waals surface area contributed by atoms with E-state index >= 15 is 0 Å². The second-order valence-corrected chi connectivity index (χ2v) is 6.60. The zero-order valence-electron chi connectivity index (χ0n) is 12.1. The Bertz CT molecular complexity index is 795. The Morgan fingerprint density at radius 2 is 2.32 bits per heavy atom. The minimum absolute atomic E-state index is 0.104. The lowest BCUT2D eigenvalue weighted by Gasteiger charge is -2.17. The second kappa shape index (κ2) is 5.53. The summed E-state index contributed by atoms with van der Waals surface area (Å²) in [6.45, 7) is 1.64. The van der Waals surface area contributed by atoms with Crippen LogP contribution in [0.2, 0.25) is 0 Å². The fourth-order valence-corrected chi connectivity index (χ4v) is 3.82. The van der Waals surface area contributed by atoms with Crippen molar-refractivity contribution in [2.45, 2.75) is 12.8 Å². The first-order valence-corrected chi connectivity index (χ1v) is 8.29. The van der Waals surface area contributed by atoms with Crippen LogP contribution in [0.5, 0.6) is 0 Å². The van der Waals surface area contributed by atoms with Crippen LogP contribution in [0, 0.1) is 5.92 Å². The number of nitrogens with zero attached hydrogens (tertiary/aromatic N) is 4. The molecule has 3 aromatic rings. The summed E-state index contributed by atoms with van der Waals surface area (Å²) in [5, 5.41) is 7.36. The molecule has 6 heteroatoms. The van der Waals surface area contributed by atoms with E-state index in [0.29, 0.717) is 5.92 Å². The van der Waals surface area contributed by atoms with Gasteiger partial charge in [0.25, 0.3) is 5.91 Å². The molecule has 1 aliphatic heterocycles. The van der Waals surface area contributed by atoms with Crippen LogP contribution < -0.4 is 0 Å². The predicted molar refractivity (Wildman–Crippen MR) is 85.0 cm³/mol. The minimum atomic E-state index is 0.104. The summed E-state index contributed by atoms with van der Waals surface area (Å²) in [4.78, 5) is 19.1. The Kier molecular flexibility index (Phi) is 3.38. The molecule has 1 saturated heterocycles. The van der Waals surface area contributed by atoms with E-state index in [1.807, 2.05) is 40.9 Å². The molecule has 1 unspecified atom stereocenters. The zero-order chi connectivity index (χ0) is 14.9. The Balaban J connectivity index is 1.51. The van der Waals surface area contributed by atoms with Crippen molar-refractivity contribution in [3.05, 3.63) is 52.7 Å². The molecule has 0 radical (unpaired) electrons. The van der Waals surface area contributed by atoms with E-state index in [-0.39, 0.29) is 5.91 Å². The third-order valence-electron chi connectivity index (χ3n) is 4.19. The summed E-state index contributed by atoms with van der Waals surface area (Å²) in [6.07, 6.45) is 7.45. The number of thiazole rings is 1. The van der Waals surface area contributed by atoms with Gasteiger partial charge in [0.1, 0.15) is 0 Å². The quantitative estimate of drug-likeness (QED) is 0.746. The number of carbonyl (C=O) groups excluding carboxylic acids is 1. The molecule has 1 atom stereocenters. The highest BCUT2D eigenvalue weighted by molar-refractivity contribution is 7.09. The molecule has 0 aromatic carbocycles. The number of carbonyl (C=O) groups is 1. The van der Waals surface area contributed by atoms with Gasteiger partial charge in [0, 0.05) is 37.3 Å². The van der Waals surface area contributed by atoms with Gasteiger partial charge in [-0.15, -0.1) is 11.3 Å².